The first-order chi connectivity index (χ1) is 18.6. The van der Waals surface area contributed by atoms with Gasteiger partial charge in [0, 0.05) is 25.7 Å². The van der Waals surface area contributed by atoms with Crippen molar-refractivity contribution in [2.75, 3.05) is 25.0 Å². The first kappa shape index (κ1) is 31.0. The van der Waals surface area contributed by atoms with Crippen LogP contribution in [0.25, 0.3) is 0 Å². The summed E-state index contributed by atoms with van der Waals surface area (Å²) in [5.74, 6) is 1.93. The standard InChI is InChI=1S/C17H21N.C8H7ClFNO.C7H14FN/c1-12(2)14-6-7-17(10-16(17)9-14)15-5-3-4-13(8-15)11-18;1-5(12)11-6-2-3-8(10)7(9)4-6;1-2-4-9-5-3-7(8)6-9/h3-5,8,12,14,16H,6-7,9-10H2,1-2H3;2-4H,1H3,(H,11,12);7H,2-6H2,1H3/t14?,16?,17-;;/m1../s1. The van der Waals surface area contributed by atoms with Crippen LogP contribution in [0, 0.1) is 34.9 Å². The van der Waals surface area contributed by atoms with Crippen molar-refractivity contribution in [3.63, 3.8) is 0 Å². The minimum absolute atomic E-state index is 0.00116. The predicted molar refractivity (Wildman–Crippen MR) is 155 cm³/mol. The van der Waals surface area contributed by atoms with Crippen molar-refractivity contribution in [1.82, 2.24) is 4.90 Å². The van der Waals surface area contributed by atoms with Gasteiger partial charge in [-0.2, -0.15) is 5.26 Å². The Kier molecular flexibility index (Phi) is 11.3. The third kappa shape index (κ3) is 8.75. The summed E-state index contributed by atoms with van der Waals surface area (Å²) in [6.45, 7) is 10.9. The minimum Gasteiger partial charge on any atom is -0.326 e. The molecule has 7 heteroatoms. The van der Waals surface area contributed by atoms with Crippen molar-refractivity contribution in [2.45, 2.75) is 77.8 Å². The molecule has 39 heavy (non-hydrogen) atoms. The van der Waals surface area contributed by atoms with Gasteiger partial charge in [-0.05, 0) is 104 Å². The van der Waals surface area contributed by atoms with Gasteiger partial charge in [0.15, 0.2) is 0 Å². The second kappa shape index (κ2) is 14.2. The average Bonchev–Trinajstić information content (AvgIpc) is 3.52. The molecular formula is C32H42ClF2N3O. The van der Waals surface area contributed by atoms with Gasteiger partial charge in [0.25, 0.3) is 0 Å². The summed E-state index contributed by atoms with van der Waals surface area (Å²) in [7, 11) is 0. The molecule has 0 spiro atoms. The zero-order valence-electron chi connectivity index (χ0n) is 23.7. The molecule has 0 bridgehead atoms. The molecule has 3 aliphatic rings. The highest BCUT2D eigenvalue weighted by Gasteiger charge is 2.57. The lowest BCUT2D eigenvalue weighted by Gasteiger charge is -2.31. The predicted octanol–water partition coefficient (Wildman–Crippen LogP) is 8.15. The molecule has 0 radical (unpaired) electrons. The first-order valence-corrected chi connectivity index (χ1v) is 14.6. The number of halogens is 3. The van der Waals surface area contributed by atoms with Crippen molar-refractivity contribution >= 4 is 23.2 Å². The van der Waals surface area contributed by atoms with E-state index in [1.165, 1.54) is 56.4 Å². The molecule has 4 nitrogen and oxygen atoms in total. The normalized spacial score (nSPS) is 25.4. The van der Waals surface area contributed by atoms with Crippen LogP contribution in [0.1, 0.15) is 77.3 Å². The average molecular weight is 558 g/mol. The number of anilines is 1. The summed E-state index contributed by atoms with van der Waals surface area (Å²) >= 11 is 5.47. The van der Waals surface area contributed by atoms with Crippen LogP contribution in [0.4, 0.5) is 14.5 Å². The number of hydrogen-bond acceptors (Lipinski definition) is 3. The Balaban J connectivity index is 0.000000174. The Morgan fingerprint density at radius 3 is 2.59 bits per heavy atom. The van der Waals surface area contributed by atoms with Gasteiger partial charge in [0.05, 0.1) is 16.7 Å². The number of alkyl halides is 1. The number of benzene rings is 2. The van der Waals surface area contributed by atoms with Crippen LogP contribution in [-0.4, -0.2) is 36.6 Å². The fourth-order valence-electron chi connectivity index (χ4n) is 6.01. The van der Waals surface area contributed by atoms with E-state index in [1.54, 1.807) is 0 Å². The van der Waals surface area contributed by atoms with E-state index in [4.69, 9.17) is 16.9 Å². The van der Waals surface area contributed by atoms with Gasteiger partial charge < -0.3 is 10.2 Å². The summed E-state index contributed by atoms with van der Waals surface area (Å²) in [5, 5.41) is 11.5. The van der Waals surface area contributed by atoms with Gasteiger partial charge in [0.2, 0.25) is 5.91 Å². The number of carbonyl (C=O) groups excluding carboxylic acids is 1. The lowest BCUT2D eigenvalue weighted by atomic mass is 9.74. The number of nitrogens with zero attached hydrogens (tertiary/aromatic N) is 2. The SMILES string of the molecule is CC(=O)Nc1ccc(F)c(Cl)c1.CC(C)C1CC[C@]2(c3cccc(C#N)c3)CC2C1.CCCN1CCC(F)C1. The van der Waals surface area contributed by atoms with Crippen molar-refractivity contribution in [2.24, 2.45) is 17.8 Å². The zero-order chi connectivity index (χ0) is 28.6. The topological polar surface area (TPSA) is 56.1 Å². The van der Waals surface area contributed by atoms with E-state index >= 15 is 0 Å². The van der Waals surface area contributed by atoms with E-state index in [0.717, 1.165) is 49.2 Å². The second-order valence-electron chi connectivity index (χ2n) is 11.5. The summed E-state index contributed by atoms with van der Waals surface area (Å²) in [5.41, 5.74) is 3.18. The molecule has 212 valence electrons. The molecule has 1 saturated heterocycles. The molecule has 3 unspecified atom stereocenters. The molecule has 1 N–H and O–H groups in total. The van der Waals surface area contributed by atoms with Crippen LogP contribution >= 0.6 is 11.6 Å². The van der Waals surface area contributed by atoms with Crippen LogP contribution in [0.5, 0.6) is 0 Å². The van der Waals surface area contributed by atoms with Crippen molar-refractivity contribution in [3.05, 3.63) is 64.4 Å². The first-order valence-electron chi connectivity index (χ1n) is 14.2. The van der Waals surface area contributed by atoms with Crippen LogP contribution < -0.4 is 5.32 Å². The minimum atomic E-state index is -0.545. The number of hydrogen-bond donors (Lipinski definition) is 1. The van der Waals surface area contributed by atoms with Crippen LogP contribution in [0.3, 0.4) is 0 Å². The number of carbonyl (C=O) groups is 1. The van der Waals surface area contributed by atoms with Gasteiger partial charge in [-0.15, -0.1) is 0 Å². The van der Waals surface area contributed by atoms with E-state index in [0.29, 0.717) is 17.6 Å². The lowest BCUT2D eigenvalue weighted by molar-refractivity contribution is -0.114. The van der Waals surface area contributed by atoms with Gasteiger partial charge >= 0.3 is 0 Å². The van der Waals surface area contributed by atoms with E-state index in [2.05, 4.69) is 49.2 Å². The van der Waals surface area contributed by atoms with Gasteiger partial charge in [-0.1, -0.05) is 44.5 Å². The molecule has 4 atom stereocenters. The van der Waals surface area contributed by atoms with Crippen LogP contribution in [-0.2, 0) is 10.2 Å². The van der Waals surface area contributed by atoms with Crippen molar-refractivity contribution in [3.8, 4) is 6.07 Å². The van der Waals surface area contributed by atoms with Gasteiger partial charge in [-0.3, -0.25) is 4.79 Å². The van der Waals surface area contributed by atoms with Gasteiger partial charge in [0.1, 0.15) is 12.0 Å². The fraction of sp³-hybridized carbons (Fsp3) is 0.562. The van der Waals surface area contributed by atoms with Gasteiger partial charge in [-0.25, -0.2) is 8.78 Å². The van der Waals surface area contributed by atoms with E-state index in [1.807, 2.05) is 12.1 Å². The largest absolute Gasteiger partial charge is 0.326 e. The molecule has 0 aromatic heterocycles. The van der Waals surface area contributed by atoms with Crippen molar-refractivity contribution in [1.29, 1.82) is 5.26 Å². The molecule has 2 saturated carbocycles. The summed E-state index contributed by atoms with van der Waals surface area (Å²) < 4.78 is 25.0. The maximum atomic E-state index is 12.6. The number of likely N-dealkylation sites (tertiary alicyclic amines) is 1. The summed E-state index contributed by atoms with van der Waals surface area (Å²) in [6.07, 6.45) is 6.80. The Morgan fingerprint density at radius 2 is 2.03 bits per heavy atom. The van der Waals surface area contributed by atoms with Crippen LogP contribution in [0.15, 0.2) is 42.5 Å². The summed E-state index contributed by atoms with van der Waals surface area (Å²) in [4.78, 5) is 12.7. The molecule has 1 heterocycles. The van der Waals surface area contributed by atoms with E-state index in [9.17, 15) is 13.6 Å². The highest BCUT2D eigenvalue weighted by molar-refractivity contribution is 6.31. The highest BCUT2D eigenvalue weighted by atomic mass is 35.5. The highest BCUT2D eigenvalue weighted by Crippen LogP contribution is 2.64. The molecule has 3 fully saturated rings. The Labute approximate surface area is 237 Å². The van der Waals surface area contributed by atoms with Crippen molar-refractivity contribution < 1.29 is 13.6 Å². The molecular weight excluding hydrogens is 516 g/mol. The Hall–Kier alpha value is -2.49. The number of nitriles is 1. The summed E-state index contributed by atoms with van der Waals surface area (Å²) in [6, 6.07) is 14.6. The maximum absolute atomic E-state index is 12.6. The smallest absolute Gasteiger partial charge is 0.221 e. The third-order valence-electron chi connectivity index (χ3n) is 8.28. The Bertz CT molecular complexity index is 1150. The molecule has 1 amide bonds. The van der Waals surface area contributed by atoms with E-state index in [-0.39, 0.29) is 10.9 Å². The maximum Gasteiger partial charge on any atom is 0.221 e. The molecule has 2 aromatic carbocycles. The quantitative estimate of drug-likeness (QED) is 0.403. The molecule has 2 aromatic rings. The second-order valence-corrected chi connectivity index (χ2v) is 11.9. The molecule has 5 rings (SSSR count). The monoisotopic (exact) mass is 557 g/mol. The lowest BCUT2D eigenvalue weighted by Crippen LogP contribution is -2.22. The number of nitrogens with one attached hydrogen (secondary N) is 1. The molecule has 1 aliphatic heterocycles. The molecule has 2 aliphatic carbocycles. The van der Waals surface area contributed by atoms with E-state index < -0.39 is 12.0 Å². The Morgan fingerprint density at radius 1 is 1.26 bits per heavy atom. The third-order valence-corrected chi connectivity index (χ3v) is 8.57. The fourth-order valence-corrected chi connectivity index (χ4v) is 6.19. The zero-order valence-corrected chi connectivity index (χ0v) is 24.4. The van der Waals surface area contributed by atoms with Crippen LogP contribution in [0.2, 0.25) is 5.02 Å². The number of rotatable bonds is 5. The number of fused-ring (bicyclic) bond motifs is 1. The number of amides is 1.